The van der Waals surface area contributed by atoms with E-state index in [1.54, 1.807) is 13.1 Å². The van der Waals surface area contributed by atoms with Crippen molar-refractivity contribution >= 4 is 35.0 Å². The van der Waals surface area contributed by atoms with E-state index in [1.165, 1.54) is 23.6 Å². The SMILES string of the molecule is CNc1ccc2c(c1)N(C(C)C(=O)O)C(=O)CS2. The molecule has 6 heteroatoms. The lowest BCUT2D eigenvalue weighted by molar-refractivity contribution is -0.139. The van der Waals surface area contributed by atoms with Gasteiger partial charge >= 0.3 is 5.97 Å². The van der Waals surface area contributed by atoms with Gasteiger partial charge < -0.3 is 10.4 Å². The molecule has 1 aromatic rings. The molecule has 2 rings (SSSR count). The van der Waals surface area contributed by atoms with E-state index in [2.05, 4.69) is 5.32 Å². The first kappa shape index (κ1) is 12.8. The molecule has 0 fully saturated rings. The first-order valence-electron chi connectivity index (χ1n) is 5.54. The Morgan fingerprint density at radius 2 is 2.28 bits per heavy atom. The van der Waals surface area contributed by atoms with Crippen LogP contribution in [0.4, 0.5) is 11.4 Å². The normalized spacial score (nSPS) is 16.1. The molecule has 1 amide bonds. The molecule has 0 aliphatic carbocycles. The molecule has 0 aromatic heterocycles. The van der Waals surface area contributed by atoms with E-state index in [9.17, 15) is 9.59 Å². The third-order valence-corrected chi connectivity index (χ3v) is 3.92. The number of anilines is 2. The van der Waals surface area contributed by atoms with E-state index in [-0.39, 0.29) is 11.7 Å². The number of hydrogen-bond donors (Lipinski definition) is 2. The maximum Gasteiger partial charge on any atom is 0.326 e. The fourth-order valence-corrected chi connectivity index (χ4v) is 2.75. The number of carbonyl (C=O) groups is 2. The Kier molecular flexibility index (Phi) is 3.47. The molecule has 1 heterocycles. The molecule has 1 aliphatic heterocycles. The van der Waals surface area contributed by atoms with Crippen molar-refractivity contribution in [3.05, 3.63) is 18.2 Å². The summed E-state index contributed by atoms with van der Waals surface area (Å²) in [6.07, 6.45) is 0. The van der Waals surface area contributed by atoms with Crippen LogP contribution in [-0.4, -0.2) is 35.8 Å². The molecule has 0 bridgehead atoms. The van der Waals surface area contributed by atoms with E-state index in [4.69, 9.17) is 5.11 Å². The highest BCUT2D eigenvalue weighted by Crippen LogP contribution is 2.38. The molecule has 0 spiro atoms. The molecular weight excluding hydrogens is 252 g/mol. The quantitative estimate of drug-likeness (QED) is 0.870. The van der Waals surface area contributed by atoms with E-state index >= 15 is 0 Å². The summed E-state index contributed by atoms with van der Waals surface area (Å²) in [5, 5.41) is 12.1. The average Bonchev–Trinajstić information content (AvgIpc) is 2.37. The summed E-state index contributed by atoms with van der Waals surface area (Å²) in [5.41, 5.74) is 1.52. The minimum Gasteiger partial charge on any atom is -0.480 e. The van der Waals surface area contributed by atoms with Crippen LogP contribution in [0.1, 0.15) is 6.92 Å². The number of amides is 1. The number of nitrogens with one attached hydrogen (secondary N) is 1. The van der Waals surface area contributed by atoms with Crippen LogP contribution in [0.3, 0.4) is 0 Å². The topological polar surface area (TPSA) is 69.6 Å². The van der Waals surface area contributed by atoms with Crippen LogP contribution in [0, 0.1) is 0 Å². The standard InChI is InChI=1S/C12H14N2O3S/c1-7(12(16)17)14-9-5-8(13-2)3-4-10(9)18-6-11(14)15/h3-5,7,13H,6H2,1-2H3,(H,16,17). The molecular formula is C12H14N2O3S. The molecule has 96 valence electrons. The van der Waals surface area contributed by atoms with Crippen LogP contribution in [0.25, 0.3) is 0 Å². The van der Waals surface area contributed by atoms with Gasteiger partial charge in [0.25, 0.3) is 0 Å². The van der Waals surface area contributed by atoms with Crippen molar-refractivity contribution in [3.8, 4) is 0 Å². The number of nitrogens with zero attached hydrogens (tertiary/aromatic N) is 1. The summed E-state index contributed by atoms with van der Waals surface area (Å²) in [6, 6.07) is 4.76. The molecule has 2 N–H and O–H groups in total. The van der Waals surface area contributed by atoms with Crippen LogP contribution in [0.15, 0.2) is 23.1 Å². The van der Waals surface area contributed by atoms with E-state index in [0.29, 0.717) is 5.69 Å². The molecule has 18 heavy (non-hydrogen) atoms. The molecule has 0 radical (unpaired) electrons. The monoisotopic (exact) mass is 266 g/mol. The highest BCUT2D eigenvalue weighted by molar-refractivity contribution is 8.00. The number of benzene rings is 1. The van der Waals surface area contributed by atoms with Gasteiger partial charge in [0, 0.05) is 17.6 Å². The summed E-state index contributed by atoms with van der Waals surface area (Å²) in [5.74, 6) is -0.893. The fourth-order valence-electron chi connectivity index (χ4n) is 1.86. The first-order chi connectivity index (χ1) is 8.54. The van der Waals surface area contributed by atoms with Crippen LogP contribution in [0.2, 0.25) is 0 Å². The zero-order chi connectivity index (χ0) is 13.3. The lowest BCUT2D eigenvalue weighted by Gasteiger charge is -2.32. The highest BCUT2D eigenvalue weighted by Gasteiger charge is 2.32. The molecule has 1 aliphatic rings. The van der Waals surface area contributed by atoms with Gasteiger partial charge in [-0.1, -0.05) is 0 Å². The Bertz CT molecular complexity index is 504. The van der Waals surface area contributed by atoms with Gasteiger partial charge in [-0.2, -0.15) is 0 Å². The summed E-state index contributed by atoms with van der Waals surface area (Å²) >= 11 is 1.44. The molecule has 1 atom stereocenters. The number of rotatable bonds is 3. The van der Waals surface area contributed by atoms with Gasteiger partial charge in [-0.05, 0) is 25.1 Å². The second-order valence-corrected chi connectivity index (χ2v) is 5.02. The van der Waals surface area contributed by atoms with Crippen LogP contribution in [0.5, 0.6) is 0 Å². The van der Waals surface area contributed by atoms with E-state index in [1.807, 2.05) is 12.1 Å². The van der Waals surface area contributed by atoms with Crippen molar-refractivity contribution in [2.75, 3.05) is 23.0 Å². The van der Waals surface area contributed by atoms with Gasteiger partial charge in [0.1, 0.15) is 6.04 Å². The molecule has 1 unspecified atom stereocenters. The van der Waals surface area contributed by atoms with Crippen LogP contribution >= 0.6 is 11.8 Å². The summed E-state index contributed by atoms with van der Waals surface area (Å²) in [4.78, 5) is 25.3. The molecule has 0 saturated carbocycles. The Morgan fingerprint density at radius 3 is 2.89 bits per heavy atom. The number of hydrogen-bond acceptors (Lipinski definition) is 4. The predicted molar refractivity (Wildman–Crippen MR) is 71.3 cm³/mol. The number of thioether (sulfide) groups is 1. The van der Waals surface area contributed by atoms with Crippen LogP contribution < -0.4 is 10.2 Å². The lowest BCUT2D eigenvalue weighted by Crippen LogP contribution is -2.46. The first-order valence-corrected chi connectivity index (χ1v) is 6.52. The molecule has 5 nitrogen and oxygen atoms in total. The van der Waals surface area contributed by atoms with Crippen molar-refractivity contribution in [3.63, 3.8) is 0 Å². The average molecular weight is 266 g/mol. The van der Waals surface area contributed by atoms with Gasteiger partial charge in [0.05, 0.1) is 11.4 Å². The minimum atomic E-state index is -1.00. The third-order valence-electron chi connectivity index (χ3n) is 2.87. The fraction of sp³-hybridized carbons (Fsp3) is 0.333. The lowest BCUT2D eigenvalue weighted by atomic mass is 10.2. The second-order valence-electron chi connectivity index (χ2n) is 4.00. The Morgan fingerprint density at radius 1 is 1.56 bits per heavy atom. The maximum atomic E-state index is 11.9. The predicted octanol–water partition coefficient (Wildman–Crippen LogP) is 1.64. The van der Waals surface area contributed by atoms with Crippen molar-refractivity contribution < 1.29 is 14.7 Å². The van der Waals surface area contributed by atoms with Gasteiger partial charge in [-0.25, -0.2) is 4.79 Å². The van der Waals surface area contributed by atoms with Gasteiger partial charge in [-0.3, -0.25) is 9.69 Å². The number of carboxylic acid groups (broad SMARTS) is 1. The van der Waals surface area contributed by atoms with Gasteiger partial charge in [0.2, 0.25) is 5.91 Å². The number of fused-ring (bicyclic) bond motifs is 1. The number of carboxylic acids is 1. The van der Waals surface area contributed by atoms with E-state index in [0.717, 1.165) is 10.6 Å². The van der Waals surface area contributed by atoms with Gasteiger partial charge in [-0.15, -0.1) is 11.8 Å². The van der Waals surface area contributed by atoms with Crippen molar-refractivity contribution in [2.24, 2.45) is 0 Å². The Labute approximate surface area is 109 Å². The maximum absolute atomic E-state index is 11.9. The van der Waals surface area contributed by atoms with Gasteiger partial charge in [0.15, 0.2) is 0 Å². The highest BCUT2D eigenvalue weighted by atomic mass is 32.2. The van der Waals surface area contributed by atoms with Crippen molar-refractivity contribution in [2.45, 2.75) is 17.9 Å². The summed E-state index contributed by atoms with van der Waals surface area (Å²) < 4.78 is 0. The van der Waals surface area contributed by atoms with Crippen molar-refractivity contribution in [1.29, 1.82) is 0 Å². The summed E-state index contributed by atoms with van der Waals surface area (Å²) in [7, 11) is 1.78. The number of carbonyl (C=O) groups excluding carboxylic acids is 1. The zero-order valence-electron chi connectivity index (χ0n) is 10.1. The van der Waals surface area contributed by atoms with Crippen molar-refractivity contribution in [1.82, 2.24) is 0 Å². The third kappa shape index (κ3) is 2.15. The smallest absolute Gasteiger partial charge is 0.326 e. The zero-order valence-corrected chi connectivity index (χ0v) is 11.0. The molecule has 0 saturated heterocycles. The van der Waals surface area contributed by atoms with E-state index < -0.39 is 12.0 Å². The Balaban J connectivity index is 2.48. The minimum absolute atomic E-state index is 0.171. The number of aliphatic carboxylic acids is 1. The summed E-state index contributed by atoms with van der Waals surface area (Å²) in [6.45, 7) is 1.52. The Hall–Kier alpha value is -1.69. The molecule has 1 aromatic carbocycles. The van der Waals surface area contributed by atoms with Crippen LogP contribution in [-0.2, 0) is 9.59 Å². The second kappa shape index (κ2) is 4.89. The largest absolute Gasteiger partial charge is 0.480 e.